The molecule has 0 amide bonds. The number of fused-ring (bicyclic) bond motifs is 3. The highest BCUT2D eigenvalue weighted by atomic mass is 15.1. The largest absolute Gasteiger partial charge is 0.313 e. The lowest BCUT2D eigenvalue weighted by molar-refractivity contribution is 1.05. The zero-order valence-corrected chi connectivity index (χ0v) is 29.7. The third-order valence-electron chi connectivity index (χ3n) is 10.4. The molecule has 252 valence electrons. The molecule has 0 spiro atoms. The molecule has 0 saturated carbocycles. The van der Waals surface area contributed by atoms with Gasteiger partial charge in [0.2, 0.25) is 0 Å². The van der Waals surface area contributed by atoms with Crippen molar-refractivity contribution in [2.75, 3.05) is 4.90 Å². The minimum Gasteiger partial charge on any atom is -0.313 e. The molecule has 0 unspecified atom stereocenters. The molecule has 0 atom stereocenters. The Hall–Kier alpha value is -6.90. The van der Waals surface area contributed by atoms with Gasteiger partial charge in [0.25, 0.3) is 0 Å². The molecule has 0 fully saturated rings. The van der Waals surface area contributed by atoms with Gasteiger partial charge in [-0.2, -0.15) is 0 Å². The summed E-state index contributed by atoms with van der Waals surface area (Å²) in [6.45, 7) is 6.52. The number of anilines is 3. The van der Waals surface area contributed by atoms with E-state index in [-0.39, 0.29) is 0 Å². The molecular formula is C51H38N2. The molecule has 53 heavy (non-hydrogen) atoms. The molecule has 9 aromatic rings. The Labute approximate surface area is 311 Å². The number of nitrogens with zero attached hydrogens (tertiary/aromatic N) is 2. The van der Waals surface area contributed by atoms with Gasteiger partial charge in [0.1, 0.15) is 0 Å². The summed E-state index contributed by atoms with van der Waals surface area (Å²) in [5.74, 6) is 0. The molecule has 2 nitrogen and oxygen atoms in total. The highest BCUT2D eigenvalue weighted by molar-refractivity contribution is 6.17. The quantitative estimate of drug-likeness (QED) is 0.155. The maximum Gasteiger partial charge on any atom is 0.0564 e. The SMILES string of the molecule is C=Cc1c(C)n(-c2ccc(-c3ccccc3)cc2)c2cc(N(c3ccc(-c4ccccc4)cc3)c3cccc(-c4ccccc4)c3)c3ccccc3c12. The van der Waals surface area contributed by atoms with E-state index in [2.05, 4.69) is 217 Å². The van der Waals surface area contributed by atoms with E-state index in [1.165, 1.54) is 49.5 Å². The third-order valence-corrected chi connectivity index (χ3v) is 10.4. The van der Waals surface area contributed by atoms with Crippen LogP contribution in [-0.2, 0) is 0 Å². The third kappa shape index (κ3) is 5.81. The maximum absolute atomic E-state index is 4.31. The first kappa shape index (κ1) is 32.0. The van der Waals surface area contributed by atoms with E-state index in [1.54, 1.807) is 0 Å². The highest BCUT2D eigenvalue weighted by Gasteiger charge is 2.23. The smallest absolute Gasteiger partial charge is 0.0564 e. The lowest BCUT2D eigenvalue weighted by Crippen LogP contribution is -2.11. The van der Waals surface area contributed by atoms with Crippen LogP contribution in [0.2, 0.25) is 0 Å². The second kappa shape index (κ2) is 13.7. The van der Waals surface area contributed by atoms with Crippen LogP contribution >= 0.6 is 0 Å². The molecule has 0 radical (unpaired) electrons. The number of hydrogen-bond donors (Lipinski definition) is 0. The van der Waals surface area contributed by atoms with Crippen molar-refractivity contribution >= 4 is 44.8 Å². The molecule has 0 bridgehead atoms. The summed E-state index contributed by atoms with van der Waals surface area (Å²) in [5, 5.41) is 3.58. The Bertz CT molecular complexity index is 2710. The molecule has 0 aliphatic rings. The molecule has 9 rings (SSSR count). The summed E-state index contributed by atoms with van der Waals surface area (Å²) in [7, 11) is 0. The van der Waals surface area contributed by atoms with Gasteiger partial charge in [0, 0.05) is 39.1 Å². The van der Waals surface area contributed by atoms with Crippen molar-refractivity contribution in [2.24, 2.45) is 0 Å². The van der Waals surface area contributed by atoms with Crippen LogP contribution < -0.4 is 4.90 Å². The summed E-state index contributed by atoms with van der Waals surface area (Å²) in [5.41, 5.74) is 15.0. The normalized spacial score (nSPS) is 11.2. The fourth-order valence-electron chi connectivity index (χ4n) is 7.80. The van der Waals surface area contributed by atoms with Gasteiger partial charge < -0.3 is 9.47 Å². The predicted molar refractivity (Wildman–Crippen MR) is 227 cm³/mol. The zero-order chi connectivity index (χ0) is 35.7. The van der Waals surface area contributed by atoms with Crippen molar-refractivity contribution in [1.82, 2.24) is 4.57 Å². The Morgan fingerprint density at radius 2 is 0.943 bits per heavy atom. The summed E-state index contributed by atoms with van der Waals surface area (Å²) in [4.78, 5) is 2.42. The Kier molecular flexibility index (Phi) is 8.26. The van der Waals surface area contributed by atoms with Crippen molar-refractivity contribution in [3.8, 4) is 39.1 Å². The molecule has 0 saturated heterocycles. The molecule has 0 N–H and O–H groups in total. The second-order valence-corrected chi connectivity index (χ2v) is 13.5. The summed E-state index contributed by atoms with van der Waals surface area (Å²) in [6.07, 6.45) is 2.02. The van der Waals surface area contributed by atoms with Gasteiger partial charge in [-0.3, -0.25) is 0 Å². The first-order chi connectivity index (χ1) is 26.2. The standard InChI is InChI=1S/C51H38N2/c1-3-46-36(2)52(43-30-26-40(27-31-43)37-16-7-4-8-17-37)50-35-49(47-24-13-14-25-48(47)51(46)50)53(44-32-28-41(29-33-44)38-18-9-5-10-19-38)45-23-15-22-42(34-45)39-20-11-6-12-21-39/h3-35H,1H2,2H3. The van der Waals surface area contributed by atoms with E-state index in [0.29, 0.717) is 0 Å². The molecule has 2 heteroatoms. The van der Waals surface area contributed by atoms with Crippen molar-refractivity contribution in [1.29, 1.82) is 0 Å². The van der Waals surface area contributed by atoms with E-state index in [0.717, 1.165) is 39.5 Å². The maximum atomic E-state index is 4.31. The fourth-order valence-corrected chi connectivity index (χ4v) is 7.80. The van der Waals surface area contributed by atoms with Gasteiger partial charge in [0.05, 0.1) is 11.2 Å². The van der Waals surface area contributed by atoms with Gasteiger partial charge in [0.15, 0.2) is 0 Å². The summed E-state index contributed by atoms with van der Waals surface area (Å²) < 4.78 is 2.40. The number of benzene rings is 8. The summed E-state index contributed by atoms with van der Waals surface area (Å²) >= 11 is 0. The molecule has 1 aromatic heterocycles. The van der Waals surface area contributed by atoms with Crippen LogP contribution in [-0.4, -0.2) is 4.57 Å². The minimum absolute atomic E-state index is 1.09. The molecule has 8 aromatic carbocycles. The zero-order valence-electron chi connectivity index (χ0n) is 29.7. The molecule has 0 aliphatic heterocycles. The van der Waals surface area contributed by atoms with Crippen LogP contribution in [0, 0.1) is 6.92 Å². The van der Waals surface area contributed by atoms with Crippen molar-refractivity contribution in [2.45, 2.75) is 6.92 Å². The lowest BCUT2D eigenvalue weighted by atomic mass is 9.98. The van der Waals surface area contributed by atoms with Gasteiger partial charge >= 0.3 is 0 Å². The van der Waals surface area contributed by atoms with Gasteiger partial charge in [-0.25, -0.2) is 0 Å². The molecule has 0 aliphatic carbocycles. The van der Waals surface area contributed by atoms with Crippen LogP contribution in [0.4, 0.5) is 17.1 Å². The predicted octanol–water partition coefficient (Wildman–Crippen LogP) is 14.2. The van der Waals surface area contributed by atoms with Crippen LogP contribution in [0.15, 0.2) is 201 Å². The van der Waals surface area contributed by atoms with E-state index >= 15 is 0 Å². The molecular weight excluding hydrogens is 641 g/mol. The van der Waals surface area contributed by atoms with Crippen LogP contribution in [0.1, 0.15) is 11.3 Å². The van der Waals surface area contributed by atoms with E-state index in [9.17, 15) is 0 Å². The minimum atomic E-state index is 1.09. The van der Waals surface area contributed by atoms with Crippen LogP contribution in [0.3, 0.4) is 0 Å². The monoisotopic (exact) mass is 678 g/mol. The van der Waals surface area contributed by atoms with Crippen LogP contribution in [0.5, 0.6) is 0 Å². The number of aromatic nitrogens is 1. The van der Waals surface area contributed by atoms with Crippen molar-refractivity contribution < 1.29 is 0 Å². The van der Waals surface area contributed by atoms with E-state index in [4.69, 9.17) is 0 Å². The van der Waals surface area contributed by atoms with E-state index < -0.39 is 0 Å². The average molecular weight is 679 g/mol. The Balaban J connectivity index is 1.29. The average Bonchev–Trinajstić information content (AvgIpc) is 3.53. The fraction of sp³-hybridized carbons (Fsp3) is 0.0196. The molecule has 1 heterocycles. The Morgan fingerprint density at radius 1 is 0.453 bits per heavy atom. The Morgan fingerprint density at radius 3 is 1.53 bits per heavy atom. The van der Waals surface area contributed by atoms with Crippen LogP contribution in [0.25, 0.3) is 66.8 Å². The number of rotatable bonds is 8. The second-order valence-electron chi connectivity index (χ2n) is 13.5. The van der Waals surface area contributed by atoms with Gasteiger partial charge in [-0.1, -0.05) is 164 Å². The van der Waals surface area contributed by atoms with Crippen molar-refractivity contribution in [3.05, 3.63) is 212 Å². The first-order valence-electron chi connectivity index (χ1n) is 18.1. The number of hydrogen-bond acceptors (Lipinski definition) is 1. The highest BCUT2D eigenvalue weighted by Crippen LogP contribution is 2.45. The van der Waals surface area contributed by atoms with E-state index in [1.807, 2.05) is 6.08 Å². The lowest BCUT2D eigenvalue weighted by Gasteiger charge is -2.28. The van der Waals surface area contributed by atoms with Crippen molar-refractivity contribution in [3.63, 3.8) is 0 Å². The topological polar surface area (TPSA) is 8.17 Å². The first-order valence-corrected chi connectivity index (χ1v) is 18.1. The van der Waals surface area contributed by atoms with Gasteiger partial charge in [-0.05, 0) is 88.2 Å². The summed E-state index contributed by atoms with van der Waals surface area (Å²) in [6, 6.07) is 69.7. The van der Waals surface area contributed by atoms with Gasteiger partial charge in [-0.15, -0.1) is 0 Å².